The number of carboxylic acids is 1. The molecule has 0 aromatic rings. The minimum Gasteiger partial charge on any atom is -0.480 e. The molecule has 0 unspecified atom stereocenters. The van der Waals surface area contributed by atoms with Crippen LogP contribution in [0.25, 0.3) is 0 Å². The van der Waals surface area contributed by atoms with Gasteiger partial charge in [-0.25, -0.2) is 0 Å². The molecule has 0 radical (unpaired) electrons. The smallest absolute Gasteiger partial charge is 0.325 e. The molecular weight excluding hydrogens is 188 g/mol. The van der Waals surface area contributed by atoms with Crippen molar-refractivity contribution in [1.29, 1.82) is 0 Å². The summed E-state index contributed by atoms with van der Waals surface area (Å²) in [6.07, 6.45) is 0.0806. The van der Waals surface area contributed by atoms with E-state index in [-0.39, 0.29) is 18.9 Å². The first-order chi connectivity index (χ1) is 6.43. The van der Waals surface area contributed by atoms with Crippen molar-refractivity contribution < 1.29 is 19.5 Å². The van der Waals surface area contributed by atoms with Crippen LogP contribution in [0.2, 0.25) is 0 Å². The highest BCUT2D eigenvalue weighted by Gasteiger charge is 2.13. The van der Waals surface area contributed by atoms with E-state index in [1.54, 1.807) is 0 Å². The maximum Gasteiger partial charge on any atom is 0.325 e. The molecular formula is C8H14N2O4. The molecule has 0 saturated heterocycles. The van der Waals surface area contributed by atoms with Gasteiger partial charge in [0.1, 0.15) is 6.04 Å². The summed E-state index contributed by atoms with van der Waals surface area (Å²) in [4.78, 5) is 31.8. The van der Waals surface area contributed by atoms with E-state index >= 15 is 0 Å². The minimum atomic E-state index is -1.09. The highest BCUT2D eigenvalue weighted by atomic mass is 16.4. The minimum absolute atomic E-state index is 0.0806. The predicted octanol–water partition coefficient (Wildman–Crippen LogP) is -0.898. The maximum atomic E-state index is 11.0. The van der Waals surface area contributed by atoms with Crippen LogP contribution in [0.5, 0.6) is 0 Å². The molecule has 0 saturated carbocycles. The molecule has 0 heterocycles. The first kappa shape index (κ1) is 12.4. The number of amides is 2. The fourth-order valence-corrected chi connectivity index (χ4v) is 0.727. The molecule has 0 rings (SSSR count). The topological polar surface area (TPSA) is 95.5 Å². The van der Waals surface area contributed by atoms with E-state index < -0.39 is 17.9 Å². The van der Waals surface area contributed by atoms with Crippen molar-refractivity contribution in [3.8, 4) is 0 Å². The molecule has 14 heavy (non-hydrogen) atoms. The lowest BCUT2D eigenvalue weighted by Crippen LogP contribution is -2.39. The Morgan fingerprint density at radius 1 is 1.36 bits per heavy atom. The predicted molar refractivity (Wildman–Crippen MR) is 48.5 cm³/mol. The number of hydrogen-bond acceptors (Lipinski definition) is 3. The summed E-state index contributed by atoms with van der Waals surface area (Å²) < 4.78 is 0. The third kappa shape index (κ3) is 5.99. The molecule has 3 N–H and O–H groups in total. The van der Waals surface area contributed by atoms with Gasteiger partial charge >= 0.3 is 5.97 Å². The highest BCUT2D eigenvalue weighted by molar-refractivity contribution is 5.83. The summed E-state index contributed by atoms with van der Waals surface area (Å²) in [7, 11) is 0. The Balaban J connectivity index is 3.65. The van der Waals surface area contributed by atoms with Gasteiger partial charge in [0.15, 0.2) is 0 Å². The molecule has 6 heteroatoms. The van der Waals surface area contributed by atoms with Crippen LogP contribution in [-0.2, 0) is 14.4 Å². The Labute approximate surface area is 81.7 Å². The Bertz CT molecular complexity index is 239. The third-order valence-electron chi connectivity index (χ3n) is 1.47. The van der Waals surface area contributed by atoms with Gasteiger partial charge in [0.25, 0.3) is 0 Å². The molecule has 0 aliphatic heterocycles. The van der Waals surface area contributed by atoms with Crippen molar-refractivity contribution >= 4 is 17.8 Å². The van der Waals surface area contributed by atoms with Gasteiger partial charge in [-0.3, -0.25) is 14.4 Å². The second-order valence-electron chi connectivity index (χ2n) is 2.86. The number of carbonyl (C=O) groups is 3. The number of rotatable bonds is 5. The van der Waals surface area contributed by atoms with Crippen LogP contribution >= 0.6 is 0 Å². The molecule has 0 bridgehead atoms. The fourth-order valence-electron chi connectivity index (χ4n) is 0.727. The summed E-state index contributed by atoms with van der Waals surface area (Å²) in [5.74, 6) is -1.70. The van der Waals surface area contributed by atoms with E-state index in [0.717, 1.165) is 0 Å². The van der Waals surface area contributed by atoms with Gasteiger partial charge in [-0.2, -0.15) is 0 Å². The zero-order valence-corrected chi connectivity index (χ0v) is 8.16. The van der Waals surface area contributed by atoms with Gasteiger partial charge in [-0.15, -0.1) is 0 Å². The normalized spacial score (nSPS) is 11.6. The Morgan fingerprint density at radius 2 is 1.93 bits per heavy atom. The summed E-state index contributed by atoms with van der Waals surface area (Å²) in [5.41, 5.74) is 0. The maximum absolute atomic E-state index is 11.0. The van der Waals surface area contributed by atoms with Crippen molar-refractivity contribution in [2.45, 2.75) is 26.3 Å². The monoisotopic (exact) mass is 202 g/mol. The number of aliphatic carboxylic acids is 1. The van der Waals surface area contributed by atoms with Crippen molar-refractivity contribution in [2.24, 2.45) is 0 Å². The van der Waals surface area contributed by atoms with E-state index in [1.807, 2.05) is 0 Å². The Kier molecular flexibility index (Phi) is 5.28. The average Bonchev–Trinajstić information content (AvgIpc) is 2.02. The van der Waals surface area contributed by atoms with Crippen LogP contribution in [0.4, 0.5) is 0 Å². The lowest BCUT2D eigenvalue weighted by molar-refractivity contribution is -0.141. The molecule has 0 fully saturated rings. The Hall–Kier alpha value is -1.59. The van der Waals surface area contributed by atoms with Gasteiger partial charge < -0.3 is 15.7 Å². The van der Waals surface area contributed by atoms with Crippen LogP contribution in [0, 0.1) is 0 Å². The van der Waals surface area contributed by atoms with Crippen LogP contribution in [0.3, 0.4) is 0 Å². The zero-order chi connectivity index (χ0) is 11.1. The van der Waals surface area contributed by atoms with Crippen LogP contribution < -0.4 is 10.6 Å². The first-order valence-corrected chi connectivity index (χ1v) is 4.20. The second-order valence-corrected chi connectivity index (χ2v) is 2.86. The van der Waals surface area contributed by atoms with Crippen molar-refractivity contribution in [3.05, 3.63) is 0 Å². The number of hydrogen-bond donors (Lipinski definition) is 3. The molecule has 6 nitrogen and oxygen atoms in total. The third-order valence-corrected chi connectivity index (χ3v) is 1.47. The molecule has 0 aromatic heterocycles. The van der Waals surface area contributed by atoms with E-state index in [0.29, 0.717) is 0 Å². The highest BCUT2D eigenvalue weighted by Crippen LogP contribution is 1.84. The van der Waals surface area contributed by atoms with Gasteiger partial charge in [0.2, 0.25) is 11.8 Å². The molecule has 0 spiro atoms. The van der Waals surface area contributed by atoms with E-state index in [2.05, 4.69) is 10.6 Å². The van der Waals surface area contributed by atoms with Gasteiger partial charge in [0, 0.05) is 19.9 Å². The number of carboxylic acid groups (broad SMARTS) is 1. The summed E-state index contributed by atoms with van der Waals surface area (Å²) in [6.45, 7) is 2.93. The standard InChI is InChI=1S/C8H14N2O4/c1-5(8(13)14)10-7(12)3-4-9-6(2)11/h5H,3-4H2,1-2H3,(H,9,11)(H,10,12)(H,13,14)/t5-/m1/s1. The van der Waals surface area contributed by atoms with Gasteiger partial charge in [-0.05, 0) is 6.92 Å². The second kappa shape index (κ2) is 5.95. The number of nitrogens with one attached hydrogen (secondary N) is 2. The van der Waals surface area contributed by atoms with Crippen LogP contribution in [0.15, 0.2) is 0 Å². The van der Waals surface area contributed by atoms with E-state index in [1.165, 1.54) is 13.8 Å². The molecule has 0 aliphatic carbocycles. The fraction of sp³-hybridized carbons (Fsp3) is 0.625. The van der Waals surface area contributed by atoms with E-state index in [4.69, 9.17) is 5.11 Å². The van der Waals surface area contributed by atoms with Crippen molar-refractivity contribution in [2.75, 3.05) is 6.54 Å². The van der Waals surface area contributed by atoms with Crippen LogP contribution in [0.1, 0.15) is 20.3 Å². The zero-order valence-electron chi connectivity index (χ0n) is 8.16. The summed E-state index contributed by atoms with van der Waals surface area (Å²) in [5, 5.41) is 13.2. The molecule has 80 valence electrons. The van der Waals surface area contributed by atoms with Gasteiger partial charge in [-0.1, -0.05) is 0 Å². The SMILES string of the molecule is CC(=O)NCCC(=O)N[C@H](C)C(=O)O. The molecule has 0 aliphatic rings. The van der Waals surface area contributed by atoms with Crippen molar-refractivity contribution in [1.82, 2.24) is 10.6 Å². The largest absolute Gasteiger partial charge is 0.480 e. The molecule has 1 atom stereocenters. The lowest BCUT2D eigenvalue weighted by atomic mass is 10.3. The average molecular weight is 202 g/mol. The van der Waals surface area contributed by atoms with Gasteiger partial charge in [0.05, 0.1) is 0 Å². The van der Waals surface area contributed by atoms with E-state index in [9.17, 15) is 14.4 Å². The van der Waals surface area contributed by atoms with Crippen molar-refractivity contribution in [3.63, 3.8) is 0 Å². The lowest BCUT2D eigenvalue weighted by Gasteiger charge is -2.08. The summed E-state index contributed by atoms with van der Waals surface area (Å²) in [6, 6.07) is -0.903. The molecule has 2 amide bonds. The first-order valence-electron chi connectivity index (χ1n) is 4.20. The Morgan fingerprint density at radius 3 is 2.36 bits per heavy atom. The quantitative estimate of drug-likeness (QED) is 0.538. The summed E-state index contributed by atoms with van der Waals surface area (Å²) >= 11 is 0. The van der Waals surface area contributed by atoms with Crippen LogP contribution in [-0.4, -0.2) is 35.5 Å². The molecule has 0 aromatic carbocycles. The number of carbonyl (C=O) groups excluding carboxylic acids is 2.